The third-order valence-electron chi connectivity index (χ3n) is 6.27. The fraction of sp³-hybridized carbons (Fsp3) is 0.684. The molecule has 2 nitrogen and oxygen atoms in total. The van der Waals surface area contributed by atoms with Gasteiger partial charge in [0.05, 0.1) is 0 Å². The number of fused-ring (bicyclic) bond motifs is 1. The van der Waals surface area contributed by atoms with E-state index in [1.807, 2.05) is 0 Å². The van der Waals surface area contributed by atoms with Gasteiger partial charge >= 0.3 is 0 Å². The number of rotatable bonds is 1. The van der Waals surface area contributed by atoms with Crippen LogP contribution in [0.2, 0.25) is 0 Å². The Hall–Kier alpha value is -1.02. The van der Waals surface area contributed by atoms with Gasteiger partial charge in [-0.3, -0.25) is 0 Å². The van der Waals surface area contributed by atoms with Crippen molar-refractivity contribution in [2.75, 3.05) is 18.0 Å². The van der Waals surface area contributed by atoms with E-state index in [2.05, 4.69) is 34.5 Å². The average Bonchev–Trinajstić information content (AvgIpc) is 2.87. The molecule has 1 heterocycles. The first-order valence-corrected chi connectivity index (χ1v) is 8.92. The van der Waals surface area contributed by atoms with Crippen LogP contribution in [0, 0.1) is 5.41 Å². The summed E-state index contributed by atoms with van der Waals surface area (Å²) in [6.45, 7) is 3.33. The molecule has 1 N–H and O–H groups in total. The van der Waals surface area contributed by atoms with E-state index < -0.39 is 0 Å². The Morgan fingerprint density at radius 3 is 2.57 bits per heavy atom. The number of benzene rings is 1. The van der Waals surface area contributed by atoms with Crippen molar-refractivity contribution in [3.05, 3.63) is 29.8 Å². The second-order valence-electron chi connectivity index (χ2n) is 7.44. The van der Waals surface area contributed by atoms with Crippen LogP contribution in [0.5, 0.6) is 0 Å². The van der Waals surface area contributed by atoms with Gasteiger partial charge in [0.25, 0.3) is 0 Å². The standard InChI is InChI=1S/C19H28N2/c1-2-6-18-16(5-1)15-20-13-14-21(18)17-7-11-19(12-8-17)9-3-4-10-19/h1-2,5-6,17,20H,3-4,7-15H2. The van der Waals surface area contributed by atoms with E-state index in [9.17, 15) is 0 Å². The molecular weight excluding hydrogens is 256 g/mol. The van der Waals surface area contributed by atoms with Gasteiger partial charge in [-0.1, -0.05) is 31.0 Å². The van der Waals surface area contributed by atoms with Crippen LogP contribution in [-0.4, -0.2) is 19.1 Å². The van der Waals surface area contributed by atoms with Crippen LogP contribution in [-0.2, 0) is 6.54 Å². The molecule has 2 saturated carbocycles. The molecule has 1 aromatic carbocycles. The van der Waals surface area contributed by atoms with Gasteiger partial charge in [-0.25, -0.2) is 0 Å². The zero-order chi connectivity index (χ0) is 14.1. The van der Waals surface area contributed by atoms with Crippen molar-refractivity contribution < 1.29 is 0 Å². The first-order valence-electron chi connectivity index (χ1n) is 8.92. The summed E-state index contributed by atoms with van der Waals surface area (Å²) in [4.78, 5) is 2.72. The highest BCUT2D eigenvalue weighted by Crippen LogP contribution is 2.50. The Bertz CT molecular complexity index is 480. The topological polar surface area (TPSA) is 15.3 Å². The lowest BCUT2D eigenvalue weighted by molar-refractivity contribution is 0.179. The van der Waals surface area contributed by atoms with E-state index in [1.165, 1.54) is 69.2 Å². The Morgan fingerprint density at radius 2 is 1.76 bits per heavy atom. The van der Waals surface area contributed by atoms with Crippen molar-refractivity contribution in [3.63, 3.8) is 0 Å². The van der Waals surface area contributed by atoms with Gasteiger partial charge in [-0.05, 0) is 55.6 Å². The minimum atomic E-state index is 0.750. The average molecular weight is 284 g/mol. The summed E-state index contributed by atoms with van der Waals surface area (Å²) in [5.74, 6) is 0. The van der Waals surface area contributed by atoms with Gasteiger partial charge in [0.1, 0.15) is 0 Å². The molecule has 2 fully saturated rings. The molecule has 4 rings (SSSR count). The fourth-order valence-corrected chi connectivity index (χ4v) is 5.01. The van der Waals surface area contributed by atoms with Gasteiger partial charge in [0.15, 0.2) is 0 Å². The van der Waals surface area contributed by atoms with E-state index in [-0.39, 0.29) is 0 Å². The van der Waals surface area contributed by atoms with E-state index in [4.69, 9.17) is 0 Å². The van der Waals surface area contributed by atoms with Crippen LogP contribution in [0.25, 0.3) is 0 Å². The first-order chi connectivity index (χ1) is 10.4. The highest BCUT2D eigenvalue weighted by atomic mass is 15.2. The first kappa shape index (κ1) is 13.6. The second-order valence-corrected chi connectivity index (χ2v) is 7.44. The molecule has 0 unspecified atom stereocenters. The quantitative estimate of drug-likeness (QED) is 0.835. The largest absolute Gasteiger partial charge is 0.367 e. The number of hydrogen-bond donors (Lipinski definition) is 1. The summed E-state index contributed by atoms with van der Waals surface area (Å²) in [6.07, 6.45) is 11.8. The molecule has 0 radical (unpaired) electrons. The molecule has 0 bridgehead atoms. The molecule has 2 heteroatoms. The summed E-state index contributed by atoms with van der Waals surface area (Å²) in [6, 6.07) is 9.79. The maximum absolute atomic E-state index is 3.58. The normalized spacial score (nSPS) is 25.8. The highest BCUT2D eigenvalue weighted by Gasteiger charge is 2.39. The SMILES string of the molecule is c1ccc2c(c1)CNCCN2C1CCC2(CCCC2)CC1. The Morgan fingerprint density at radius 1 is 1.00 bits per heavy atom. The van der Waals surface area contributed by atoms with Crippen molar-refractivity contribution in [3.8, 4) is 0 Å². The van der Waals surface area contributed by atoms with Crippen molar-refractivity contribution in [1.29, 1.82) is 0 Å². The third kappa shape index (κ3) is 2.59. The molecule has 0 saturated heterocycles. The fourth-order valence-electron chi connectivity index (χ4n) is 5.01. The summed E-state index contributed by atoms with van der Waals surface area (Å²) in [5, 5.41) is 3.58. The van der Waals surface area contributed by atoms with E-state index in [1.54, 1.807) is 0 Å². The smallest absolute Gasteiger partial charge is 0.0414 e. The lowest BCUT2D eigenvalue weighted by atomic mass is 9.71. The molecule has 1 spiro atoms. The lowest BCUT2D eigenvalue weighted by Crippen LogP contribution is -2.42. The van der Waals surface area contributed by atoms with Crippen LogP contribution >= 0.6 is 0 Å². The molecule has 3 aliphatic rings. The Labute approximate surface area is 128 Å². The maximum Gasteiger partial charge on any atom is 0.0414 e. The number of nitrogens with zero attached hydrogens (tertiary/aromatic N) is 1. The third-order valence-corrected chi connectivity index (χ3v) is 6.27. The highest BCUT2D eigenvalue weighted by molar-refractivity contribution is 5.55. The van der Waals surface area contributed by atoms with Crippen LogP contribution in [0.15, 0.2) is 24.3 Å². The van der Waals surface area contributed by atoms with Crippen molar-refractivity contribution in [2.45, 2.75) is 64.0 Å². The predicted octanol–water partition coefficient (Wildman–Crippen LogP) is 4.10. The predicted molar refractivity (Wildman–Crippen MR) is 88.7 cm³/mol. The summed E-state index contributed by atoms with van der Waals surface area (Å²) < 4.78 is 0. The summed E-state index contributed by atoms with van der Waals surface area (Å²) in [7, 11) is 0. The number of hydrogen-bond acceptors (Lipinski definition) is 2. The molecule has 1 aromatic rings. The van der Waals surface area contributed by atoms with Gasteiger partial charge in [0.2, 0.25) is 0 Å². The molecular formula is C19H28N2. The summed E-state index contributed by atoms with van der Waals surface area (Å²) in [5.41, 5.74) is 3.73. The molecule has 21 heavy (non-hydrogen) atoms. The minimum Gasteiger partial charge on any atom is -0.367 e. The van der Waals surface area contributed by atoms with Crippen LogP contribution < -0.4 is 10.2 Å². The minimum absolute atomic E-state index is 0.750. The number of para-hydroxylation sites is 1. The molecule has 114 valence electrons. The van der Waals surface area contributed by atoms with Crippen molar-refractivity contribution in [1.82, 2.24) is 5.32 Å². The molecule has 0 aromatic heterocycles. The van der Waals surface area contributed by atoms with Crippen LogP contribution in [0.3, 0.4) is 0 Å². The molecule has 1 aliphatic heterocycles. The molecule has 0 atom stereocenters. The van der Waals surface area contributed by atoms with Gasteiger partial charge in [0, 0.05) is 31.4 Å². The van der Waals surface area contributed by atoms with Crippen LogP contribution in [0.4, 0.5) is 5.69 Å². The number of nitrogens with one attached hydrogen (secondary N) is 1. The van der Waals surface area contributed by atoms with E-state index in [0.717, 1.165) is 24.5 Å². The molecule has 0 amide bonds. The number of anilines is 1. The Balaban J connectivity index is 1.51. The monoisotopic (exact) mass is 284 g/mol. The zero-order valence-electron chi connectivity index (χ0n) is 13.1. The van der Waals surface area contributed by atoms with Gasteiger partial charge in [-0.2, -0.15) is 0 Å². The summed E-state index contributed by atoms with van der Waals surface area (Å²) >= 11 is 0. The van der Waals surface area contributed by atoms with Crippen molar-refractivity contribution in [2.24, 2.45) is 5.41 Å². The van der Waals surface area contributed by atoms with Gasteiger partial charge < -0.3 is 10.2 Å². The zero-order valence-corrected chi connectivity index (χ0v) is 13.1. The van der Waals surface area contributed by atoms with Gasteiger partial charge in [-0.15, -0.1) is 0 Å². The van der Waals surface area contributed by atoms with E-state index in [0.29, 0.717) is 0 Å². The lowest BCUT2D eigenvalue weighted by Gasteiger charge is -2.43. The van der Waals surface area contributed by atoms with Crippen molar-refractivity contribution >= 4 is 5.69 Å². The van der Waals surface area contributed by atoms with E-state index >= 15 is 0 Å². The Kier molecular flexibility index (Phi) is 3.66. The second kappa shape index (κ2) is 5.64. The van der Waals surface area contributed by atoms with Crippen LogP contribution in [0.1, 0.15) is 56.9 Å². The maximum atomic E-state index is 3.58. The molecule has 2 aliphatic carbocycles.